The van der Waals surface area contributed by atoms with E-state index in [2.05, 4.69) is 10.3 Å². The molecule has 1 N–H and O–H groups in total. The summed E-state index contributed by atoms with van der Waals surface area (Å²) in [6, 6.07) is 9.42. The number of hydrogen-bond donors (Lipinski definition) is 1. The van der Waals surface area contributed by atoms with Crippen LogP contribution in [0.5, 0.6) is 5.75 Å². The first-order valence-corrected chi connectivity index (χ1v) is 8.42. The van der Waals surface area contributed by atoms with Gasteiger partial charge in [0.25, 0.3) is 0 Å². The molecular weight excluding hydrogens is 310 g/mol. The number of carbonyl (C=O) groups excluding carboxylic acids is 1. The molecule has 1 unspecified atom stereocenters. The topological polar surface area (TPSA) is 54.5 Å². The van der Waals surface area contributed by atoms with Crippen molar-refractivity contribution in [1.29, 1.82) is 0 Å². The van der Waals surface area contributed by atoms with Gasteiger partial charge in [0.1, 0.15) is 12.4 Å². The van der Waals surface area contributed by atoms with Gasteiger partial charge in [0, 0.05) is 11.4 Å². The molecule has 2 aromatic rings. The molecule has 6 heteroatoms. The first kappa shape index (κ1) is 17.4. The molecule has 1 heterocycles. The van der Waals surface area contributed by atoms with Gasteiger partial charge >= 0.3 is 0 Å². The van der Waals surface area contributed by atoms with Crippen molar-refractivity contribution in [3.8, 4) is 5.75 Å². The second-order valence-corrected chi connectivity index (χ2v) is 6.67. The van der Waals surface area contributed by atoms with E-state index < -0.39 is 0 Å². The SMILES string of the molecule is Cc1nc(NC(=O)C(C)N(C)CCOc2ccccc2)sc1C. The van der Waals surface area contributed by atoms with Crippen LogP contribution >= 0.6 is 11.3 Å². The number of aromatic nitrogens is 1. The van der Waals surface area contributed by atoms with Crippen LogP contribution in [0, 0.1) is 13.8 Å². The Kier molecular flexibility index (Phi) is 6.12. The fraction of sp³-hybridized carbons (Fsp3) is 0.412. The van der Waals surface area contributed by atoms with Crippen LogP contribution in [0.1, 0.15) is 17.5 Å². The molecule has 124 valence electrons. The van der Waals surface area contributed by atoms with Gasteiger partial charge in [-0.1, -0.05) is 18.2 Å². The number of nitrogens with one attached hydrogen (secondary N) is 1. The number of thiazole rings is 1. The Labute approximate surface area is 141 Å². The van der Waals surface area contributed by atoms with Gasteiger partial charge in [-0.25, -0.2) is 4.98 Å². The van der Waals surface area contributed by atoms with Gasteiger partial charge in [-0.3, -0.25) is 9.69 Å². The number of rotatable bonds is 7. The summed E-state index contributed by atoms with van der Waals surface area (Å²) in [7, 11) is 1.91. The number of anilines is 1. The predicted molar refractivity (Wildman–Crippen MR) is 94.2 cm³/mol. The minimum atomic E-state index is -0.251. The maximum atomic E-state index is 12.3. The zero-order chi connectivity index (χ0) is 16.8. The highest BCUT2D eigenvalue weighted by molar-refractivity contribution is 7.15. The molecule has 5 nitrogen and oxygen atoms in total. The van der Waals surface area contributed by atoms with E-state index >= 15 is 0 Å². The fourth-order valence-corrected chi connectivity index (χ4v) is 2.77. The van der Waals surface area contributed by atoms with Crippen LogP contribution in [0.3, 0.4) is 0 Å². The maximum Gasteiger partial charge on any atom is 0.243 e. The Morgan fingerprint density at radius 1 is 1.35 bits per heavy atom. The van der Waals surface area contributed by atoms with Crippen LogP contribution < -0.4 is 10.1 Å². The Bertz CT molecular complexity index is 623. The molecule has 0 saturated carbocycles. The number of aryl methyl sites for hydroxylation is 2. The third kappa shape index (κ3) is 5.04. The first-order valence-electron chi connectivity index (χ1n) is 7.60. The van der Waals surface area contributed by atoms with Gasteiger partial charge in [-0.05, 0) is 40.0 Å². The van der Waals surface area contributed by atoms with Gasteiger partial charge in [-0.2, -0.15) is 0 Å². The molecule has 1 aromatic heterocycles. The molecule has 0 fully saturated rings. The van der Waals surface area contributed by atoms with Gasteiger partial charge in [0.05, 0.1) is 11.7 Å². The lowest BCUT2D eigenvalue weighted by Crippen LogP contribution is -2.41. The Morgan fingerprint density at radius 3 is 2.65 bits per heavy atom. The van der Waals surface area contributed by atoms with Crippen LogP contribution in [0.15, 0.2) is 30.3 Å². The molecule has 0 saturated heterocycles. The molecule has 0 spiro atoms. The monoisotopic (exact) mass is 333 g/mol. The second-order valence-electron chi connectivity index (χ2n) is 5.47. The van der Waals surface area contributed by atoms with Crippen LogP contribution in [0.25, 0.3) is 0 Å². The van der Waals surface area contributed by atoms with Gasteiger partial charge in [-0.15, -0.1) is 11.3 Å². The average Bonchev–Trinajstić information content (AvgIpc) is 2.85. The summed E-state index contributed by atoms with van der Waals surface area (Å²) >= 11 is 1.50. The van der Waals surface area contributed by atoms with Gasteiger partial charge < -0.3 is 10.1 Å². The third-order valence-electron chi connectivity index (χ3n) is 3.76. The van der Waals surface area contributed by atoms with Crippen LogP contribution in [0.4, 0.5) is 5.13 Å². The summed E-state index contributed by atoms with van der Waals surface area (Å²) in [5.74, 6) is 0.785. The third-order valence-corrected chi connectivity index (χ3v) is 4.74. The second kappa shape index (κ2) is 8.08. The zero-order valence-corrected chi connectivity index (χ0v) is 14.8. The number of ether oxygens (including phenoxy) is 1. The number of likely N-dealkylation sites (N-methyl/N-ethyl adjacent to an activating group) is 1. The standard InChI is InChI=1S/C17H23N3O2S/c1-12-14(3)23-17(18-12)19-16(21)13(2)20(4)10-11-22-15-8-6-5-7-9-15/h5-9,13H,10-11H2,1-4H3,(H,18,19,21). The largest absolute Gasteiger partial charge is 0.492 e. The average molecular weight is 333 g/mol. The first-order chi connectivity index (χ1) is 11.0. The Balaban J connectivity index is 1.79. The van der Waals surface area contributed by atoms with Crippen LogP contribution in [-0.4, -0.2) is 42.0 Å². The number of benzene rings is 1. The number of hydrogen-bond acceptors (Lipinski definition) is 5. The molecule has 1 amide bonds. The van der Waals surface area contributed by atoms with E-state index in [0.29, 0.717) is 18.3 Å². The summed E-state index contributed by atoms with van der Waals surface area (Å²) in [5, 5.41) is 3.54. The molecule has 0 aliphatic heterocycles. The summed E-state index contributed by atoms with van der Waals surface area (Å²) in [6.45, 7) is 7.02. The smallest absolute Gasteiger partial charge is 0.243 e. The van der Waals surface area contributed by atoms with Crippen molar-refractivity contribution < 1.29 is 9.53 Å². The minimum Gasteiger partial charge on any atom is -0.492 e. The summed E-state index contributed by atoms with van der Waals surface area (Å²) in [6.07, 6.45) is 0. The molecular formula is C17H23N3O2S. The van der Waals surface area contributed by atoms with Crippen molar-refractivity contribution in [2.24, 2.45) is 0 Å². The summed E-state index contributed by atoms with van der Waals surface area (Å²) in [5.41, 5.74) is 0.961. The minimum absolute atomic E-state index is 0.0547. The Hall–Kier alpha value is -1.92. The molecule has 0 aliphatic carbocycles. The van der Waals surface area contributed by atoms with E-state index in [4.69, 9.17) is 4.74 Å². The van der Waals surface area contributed by atoms with E-state index in [-0.39, 0.29) is 11.9 Å². The highest BCUT2D eigenvalue weighted by Gasteiger charge is 2.19. The van der Waals surface area contributed by atoms with Crippen molar-refractivity contribution in [2.45, 2.75) is 26.8 Å². The summed E-state index contributed by atoms with van der Waals surface area (Å²) in [4.78, 5) is 19.7. The van der Waals surface area contributed by atoms with E-state index in [0.717, 1.165) is 16.3 Å². The van der Waals surface area contributed by atoms with Crippen molar-refractivity contribution in [2.75, 3.05) is 25.5 Å². The Morgan fingerprint density at radius 2 is 2.04 bits per heavy atom. The molecule has 2 rings (SSSR count). The number of carbonyl (C=O) groups is 1. The van der Waals surface area contributed by atoms with E-state index in [1.54, 1.807) is 0 Å². The van der Waals surface area contributed by atoms with E-state index in [9.17, 15) is 4.79 Å². The van der Waals surface area contributed by atoms with E-state index in [1.807, 2.05) is 63.1 Å². The number of nitrogens with zero attached hydrogens (tertiary/aromatic N) is 2. The predicted octanol–water partition coefficient (Wildman–Crippen LogP) is 3.10. The number of para-hydroxylation sites is 1. The van der Waals surface area contributed by atoms with Crippen molar-refractivity contribution in [1.82, 2.24) is 9.88 Å². The van der Waals surface area contributed by atoms with Crippen molar-refractivity contribution in [3.05, 3.63) is 40.9 Å². The highest BCUT2D eigenvalue weighted by atomic mass is 32.1. The van der Waals surface area contributed by atoms with Gasteiger partial charge in [0.15, 0.2) is 5.13 Å². The van der Waals surface area contributed by atoms with Crippen molar-refractivity contribution in [3.63, 3.8) is 0 Å². The van der Waals surface area contributed by atoms with Crippen LogP contribution in [-0.2, 0) is 4.79 Å². The molecule has 1 atom stereocenters. The van der Waals surface area contributed by atoms with E-state index in [1.165, 1.54) is 11.3 Å². The maximum absolute atomic E-state index is 12.3. The normalized spacial score (nSPS) is 12.2. The number of amides is 1. The quantitative estimate of drug-likeness (QED) is 0.846. The highest BCUT2D eigenvalue weighted by Crippen LogP contribution is 2.21. The van der Waals surface area contributed by atoms with Gasteiger partial charge in [0.2, 0.25) is 5.91 Å². The van der Waals surface area contributed by atoms with Crippen molar-refractivity contribution >= 4 is 22.4 Å². The lowest BCUT2D eigenvalue weighted by atomic mass is 10.3. The fourth-order valence-electron chi connectivity index (χ4n) is 1.95. The zero-order valence-electron chi connectivity index (χ0n) is 14.0. The summed E-state index contributed by atoms with van der Waals surface area (Å²) < 4.78 is 5.66. The lowest BCUT2D eigenvalue weighted by Gasteiger charge is -2.23. The molecule has 0 aliphatic rings. The molecule has 23 heavy (non-hydrogen) atoms. The molecule has 1 aromatic carbocycles. The molecule has 0 bridgehead atoms. The lowest BCUT2D eigenvalue weighted by molar-refractivity contribution is -0.120. The molecule has 0 radical (unpaired) electrons. The van der Waals surface area contributed by atoms with Crippen LogP contribution in [0.2, 0.25) is 0 Å².